The zero-order valence-corrected chi connectivity index (χ0v) is 13.5. The number of ether oxygens (including phenoxy) is 2. The Morgan fingerprint density at radius 1 is 1.19 bits per heavy atom. The molecule has 0 radical (unpaired) electrons. The zero-order chi connectivity index (χ0) is 14.7. The summed E-state index contributed by atoms with van der Waals surface area (Å²) in [7, 11) is 0. The van der Waals surface area contributed by atoms with Gasteiger partial charge < -0.3 is 15.2 Å². The minimum atomic E-state index is 0.162. The van der Waals surface area contributed by atoms with E-state index in [2.05, 4.69) is 40.0 Å². The van der Waals surface area contributed by atoms with Gasteiger partial charge in [0, 0.05) is 35.6 Å². The van der Waals surface area contributed by atoms with Crippen LogP contribution in [0, 0.1) is 0 Å². The fraction of sp³-hybridized carbons (Fsp3) is 0.400. The first-order valence-corrected chi connectivity index (χ1v) is 7.85. The number of fused-ring (bicyclic) bond motifs is 2. The van der Waals surface area contributed by atoms with Crippen LogP contribution in [0.15, 0.2) is 10.5 Å². The first-order chi connectivity index (χ1) is 10.0. The number of rotatable bonds is 1. The highest BCUT2D eigenvalue weighted by Crippen LogP contribution is 2.52. The van der Waals surface area contributed by atoms with E-state index in [0.717, 1.165) is 45.6 Å². The fourth-order valence-electron chi connectivity index (χ4n) is 3.21. The third-order valence-corrected chi connectivity index (χ3v) is 4.87. The second-order valence-corrected chi connectivity index (χ2v) is 6.57. The van der Waals surface area contributed by atoms with E-state index in [1.807, 2.05) is 6.07 Å². The number of aromatic nitrogens is 2. The molecule has 5 nitrogen and oxygen atoms in total. The van der Waals surface area contributed by atoms with Crippen molar-refractivity contribution in [3.63, 3.8) is 0 Å². The Morgan fingerprint density at radius 3 is 2.52 bits per heavy atom. The maximum absolute atomic E-state index is 6.07. The SMILES string of the molecule is CC1Cc2c(c(Br)c3c(c2-c2cc(N)n[nH]2)OC(C)C3)O1. The third-order valence-electron chi connectivity index (χ3n) is 4.03. The number of nitrogens with zero attached hydrogens (tertiary/aromatic N) is 1. The number of aromatic amines is 1. The fourth-order valence-corrected chi connectivity index (χ4v) is 3.89. The molecule has 2 aromatic rings. The number of anilines is 1. The molecule has 2 atom stereocenters. The minimum Gasteiger partial charge on any atom is -0.489 e. The molecule has 0 fully saturated rings. The predicted octanol–water partition coefficient (Wildman–Crippen LogP) is 3.07. The van der Waals surface area contributed by atoms with Crippen molar-refractivity contribution in [2.45, 2.75) is 38.9 Å². The van der Waals surface area contributed by atoms with Crippen LogP contribution >= 0.6 is 15.9 Å². The number of benzene rings is 1. The average molecular weight is 350 g/mol. The highest BCUT2D eigenvalue weighted by molar-refractivity contribution is 9.10. The van der Waals surface area contributed by atoms with Crippen LogP contribution < -0.4 is 15.2 Å². The molecule has 21 heavy (non-hydrogen) atoms. The number of nitrogens with two attached hydrogens (primary N) is 1. The minimum absolute atomic E-state index is 0.162. The van der Waals surface area contributed by atoms with Crippen LogP contribution in [-0.4, -0.2) is 22.4 Å². The summed E-state index contributed by atoms with van der Waals surface area (Å²) < 4.78 is 13.1. The summed E-state index contributed by atoms with van der Waals surface area (Å²) >= 11 is 3.69. The van der Waals surface area contributed by atoms with Crippen LogP contribution in [0.25, 0.3) is 11.3 Å². The van der Waals surface area contributed by atoms with Gasteiger partial charge in [-0.1, -0.05) is 0 Å². The highest BCUT2D eigenvalue weighted by Gasteiger charge is 2.35. The molecule has 0 spiro atoms. The molecule has 6 heteroatoms. The van der Waals surface area contributed by atoms with Crippen LogP contribution in [0.4, 0.5) is 5.82 Å². The van der Waals surface area contributed by atoms with Crippen molar-refractivity contribution < 1.29 is 9.47 Å². The molecule has 1 aromatic heterocycles. The summed E-state index contributed by atoms with van der Waals surface area (Å²) in [4.78, 5) is 0. The van der Waals surface area contributed by atoms with Gasteiger partial charge in [0.05, 0.1) is 10.2 Å². The number of H-pyrrole nitrogens is 1. The molecule has 1 aromatic carbocycles. The maximum atomic E-state index is 6.07. The van der Waals surface area contributed by atoms with Crippen molar-refractivity contribution in [2.24, 2.45) is 0 Å². The molecule has 110 valence electrons. The lowest BCUT2D eigenvalue weighted by Gasteiger charge is -2.14. The van der Waals surface area contributed by atoms with Crippen molar-refractivity contribution in [2.75, 3.05) is 5.73 Å². The number of hydrogen-bond acceptors (Lipinski definition) is 4. The van der Waals surface area contributed by atoms with Crippen molar-refractivity contribution in [3.8, 4) is 22.8 Å². The Bertz CT molecular complexity index is 702. The molecule has 3 heterocycles. The van der Waals surface area contributed by atoms with Gasteiger partial charge in [-0.2, -0.15) is 5.10 Å². The van der Waals surface area contributed by atoms with Crippen LogP contribution in [0.3, 0.4) is 0 Å². The molecule has 2 aliphatic heterocycles. The van der Waals surface area contributed by atoms with E-state index >= 15 is 0 Å². The summed E-state index contributed by atoms with van der Waals surface area (Å²) in [5, 5.41) is 7.05. The van der Waals surface area contributed by atoms with Gasteiger partial charge in [-0.05, 0) is 29.8 Å². The highest BCUT2D eigenvalue weighted by atomic mass is 79.9. The Morgan fingerprint density at radius 2 is 1.86 bits per heavy atom. The quantitative estimate of drug-likeness (QED) is 0.829. The number of nitrogens with one attached hydrogen (secondary N) is 1. The Balaban J connectivity index is 2.02. The molecule has 0 aliphatic carbocycles. The number of hydrogen-bond donors (Lipinski definition) is 2. The van der Waals surface area contributed by atoms with Gasteiger partial charge in [0.1, 0.15) is 29.5 Å². The van der Waals surface area contributed by atoms with Gasteiger partial charge in [0.2, 0.25) is 0 Å². The lowest BCUT2D eigenvalue weighted by atomic mass is 9.96. The number of halogens is 1. The summed E-state index contributed by atoms with van der Waals surface area (Å²) in [6.45, 7) is 4.15. The van der Waals surface area contributed by atoms with E-state index < -0.39 is 0 Å². The first kappa shape index (κ1) is 13.0. The van der Waals surface area contributed by atoms with Crippen LogP contribution in [-0.2, 0) is 12.8 Å². The first-order valence-electron chi connectivity index (χ1n) is 7.06. The smallest absolute Gasteiger partial charge is 0.145 e. The molecule has 0 bridgehead atoms. The largest absolute Gasteiger partial charge is 0.489 e. The summed E-state index contributed by atoms with van der Waals surface area (Å²) in [6, 6.07) is 1.85. The standard InChI is InChI=1S/C15H16BrN3O2/c1-6-3-8-12(10-5-11(17)19-18-10)14-9(4-7(2)20-14)13(16)15(8)21-6/h5-7H,3-4H2,1-2H3,(H3,17,18,19). The Kier molecular flexibility index (Phi) is 2.73. The van der Waals surface area contributed by atoms with E-state index in [1.165, 1.54) is 5.56 Å². The second-order valence-electron chi connectivity index (χ2n) is 5.78. The predicted molar refractivity (Wildman–Crippen MR) is 83.7 cm³/mol. The maximum Gasteiger partial charge on any atom is 0.145 e. The van der Waals surface area contributed by atoms with Crippen LogP contribution in [0.2, 0.25) is 0 Å². The van der Waals surface area contributed by atoms with Gasteiger partial charge >= 0.3 is 0 Å². The molecule has 3 N–H and O–H groups in total. The van der Waals surface area contributed by atoms with Gasteiger partial charge in [0.25, 0.3) is 0 Å². The van der Waals surface area contributed by atoms with Gasteiger partial charge in [-0.3, -0.25) is 5.10 Å². The monoisotopic (exact) mass is 349 g/mol. The van der Waals surface area contributed by atoms with Gasteiger partial charge in [-0.15, -0.1) is 0 Å². The Hall–Kier alpha value is -1.69. The normalized spacial score (nSPS) is 22.6. The van der Waals surface area contributed by atoms with Gasteiger partial charge in [0.15, 0.2) is 0 Å². The summed E-state index contributed by atoms with van der Waals surface area (Å²) in [5.41, 5.74) is 10.0. The van der Waals surface area contributed by atoms with Crippen molar-refractivity contribution in [1.29, 1.82) is 0 Å². The molecular formula is C15H16BrN3O2. The second kappa shape index (κ2) is 4.40. The van der Waals surface area contributed by atoms with Crippen LogP contribution in [0.5, 0.6) is 11.5 Å². The molecule has 2 unspecified atom stereocenters. The lowest BCUT2D eigenvalue weighted by Crippen LogP contribution is -2.07. The van der Waals surface area contributed by atoms with E-state index in [1.54, 1.807) is 0 Å². The lowest BCUT2D eigenvalue weighted by molar-refractivity contribution is 0.253. The topological polar surface area (TPSA) is 73.2 Å². The molecule has 4 rings (SSSR count). The van der Waals surface area contributed by atoms with E-state index in [9.17, 15) is 0 Å². The number of nitrogen functional groups attached to an aromatic ring is 1. The van der Waals surface area contributed by atoms with Crippen LogP contribution in [0.1, 0.15) is 25.0 Å². The van der Waals surface area contributed by atoms with Crippen molar-refractivity contribution >= 4 is 21.7 Å². The van der Waals surface area contributed by atoms with Crippen molar-refractivity contribution in [1.82, 2.24) is 10.2 Å². The van der Waals surface area contributed by atoms with E-state index in [4.69, 9.17) is 15.2 Å². The van der Waals surface area contributed by atoms with E-state index in [-0.39, 0.29) is 12.2 Å². The summed E-state index contributed by atoms with van der Waals surface area (Å²) in [5.74, 6) is 2.34. The van der Waals surface area contributed by atoms with Crippen molar-refractivity contribution in [3.05, 3.63) is 21.7 Å². The zero-order valence-electron chi connectivity index (χ0n) is 11.9. The summed E-state index contributed by atoms with van der Waals surface area (Å²) in [6.07, 6.45) is 2.05. The molecule has 0 saturated carbocycles. The Labute approximate surface area is 130 Å². The van der Waals surface area contributed by atoms with Gasteiger partial charge in [-0.25, -0.2) is 0 Å². The molecule has 0 amide bonds. The van der Waals surface area contributed by atoms with E-state index in [0.29, 0.717) is 5.82 Å². The third kappa shape index (κ3) is 1.85. The molecule has 0 saturated heterocycles. The molecule has 2 aliphatic rings. The molecular weight excluding hydrogens is 334 g/mol. The average Bonchev–Trinajstić information content (AvgIpc) is 3.09.